The van der Waals surface area contributed by atoms with Crippen LogP contribution < -0.4 is 15.0 Å². The van der Waals surface area contributed by atoms with E-state index in [9.17, 15) is 9.59 Å². The van der Waals surface area contributed by atoms with Gasteiger partial charge in [-0.05, 0) is 12.1 Å². The summed E-state index contributed by atoms with van der Waals surface area (Å²) in [6.07, 6.45) is 0. The highest BCUT2D eigenvalue weighted by atomic mass is 35.5. The molecule has 5 nitrogen and oxygen atoms in total. The van der Waals surface area contributed by atoms with E-state index in [-0.39, 0.29) is 24.3 Å². The quantitative estimate of drug-likeness (QED) is 0.808. The average molecular weight is 255 g/mol. The molecule has 0 bridgehead atoms. The Morgan fingerprint density at radius 1 is 1.59 bits per heavy atom. The van der Waals surface area contributed by atoms with E-state index >= 15 is 0 Å². The maximum atomic E-state index is 11.5. The second-order valence-corrected chi connectivity index (χ2v) is 3.84. The van der Waals surface area contributed by atoms with E-state index in [4.69, 9.17) is 16.3 Å². The first-order chi connectivity index (χ1) is 8.13. The number of nitrogens with zero attached hydrogens (tertiary/aromatic N) is 1. The second kappa shape index (κ2) is 4.63. The number of carbonyl (C=O) groups is 2. The number of halogens is 1. The van der Waals surface area contributed by atoms with E-state index in [1.54, 1.807) is 25.2 Å². The van der Waals surface area contributed by atoms with Crippen molar-refractivity contribution < 1.29 is 14.3 Å². The van der Waals surface area contributed by atoms with Crippen molar-refractivity contribution in [3.8, 4) is 5.75 Å². The molecule has 1 aliphatic heterocycles. The summed E-state index contributed by atoms with van der Waals surface area (Å²) in [5.74, 6) is -0.0571. The minimum Gasteiger partial charge on any atom is -0.481 e. The monoisotopic (exact) mass is 254 g/mol. The highest BCUT2D eigenvalue weighted by Gasteiger charge is 2.25. The van der Waals surface area contributed by atoms with Crippen molar-refractivity contribution in [3.05, 3.63) is 18.2 Å². The molecule has 1 aliphatic rings. The first-order valence-corrected chi connectivity index (χ1v) is 5.55. The smallest absolute Gasteiger partial charge is 0.264 e. The molecule has 6 heteroatoms. The van der Waals surface area contributed by atoms with Gasteiger partial charge in [-0.3, -0.25) is 9.59 Å². The third-order valence-corrected chi connectivity index (χ3v) is 2.70. The average Bonchev–Trinajstić information content (AvgIpc) is 2.34. The molecule has 0 aliphatic carbocycles. The van der Waals surface area contributed by atoms with Crippen LogP contribution in [0.15, 0.2) is 18.2 Å². The summed E-state index contributed by atoms with van der Waals surface area (Å²) in [5.41, 5.74) is 1.07. The summed E-state index contributed by atoms with van der Waals surface area (Å²) in [7, 11) is 1.64. The number of likely N-dealkylation sites (N-methyl/N-ethyl adjacent to an activating group) is 1. The Balaban J connectivity index is 2.41. The van der Waals surface area contributed by atoms with Crippen LogP contribution in [-0.4, -0.2) is 31.3 Å². The molecule has 17 heavy (non-hydrogen) atoms. The van der Waals surface area contributed by atoms with Crippen LogP contribution in [0.3, 0.4) is 0 Å². The third kappa shape index (κ3) is 2.19. The summed E-state index contributed by atoms with van der Waals surface area (Å²) >= 11 is 5.43. The minimum atomic E-state index is -0.327. The van der Waals surface area contributed by atoms with Gasteiger partial charge in [-0.1, -0.05) is 6.07 Å². The fourth-order valence-corrected chi connectivity index (χ4v) is 1.70. The number of amides is 2. The highest BCUT2D eigenvalue weighted by Crippen LogP contribution is 2.37. The summed E-state index contributed by atoms with van der Waals surface area (Å²) in [4.78, 5) is 24.3. The molecule has 0 saturated heterocycles. The number of anilines is 2. The molecule has 1 heterocycles. The predicted molar refractivity (Wildman–Crippen MR) is 64.7 cm³/mol. The number of carbonyl (C=O) groups excluding carboxylic acids is 2. The fourth-order valence-electron chi connectivity index (χ4n) is 1.63. The Morgan fingerprint density at radius 2 is 2.35 bits per heavy atom. The number of ether oxygens (including phenoxy) is 1. The first-order valence-electron chi connectivity index (χ1n) is 5.01. The molecule has 0 saturated carbocycles. The predicted octanol–water partition coefficient (Wildman–Crippen LogP) is 1.22. The van der Waals surface area contributed by atoms with Gasteiger partial charge in [-0.25, -0.2) is 0 Å². The Hall–Kier alpha value is -1.75. The molecule has 1 N–H and O–H groups in total. The van der Waals surface area contributed by atoms with Crippen LogP contribution in [-0.2, 0) is 9.59 Å². The van der Waals surface area contributed by atoms with Crippen molar-refractivity contribution in [2.24, 2.45) is 0 Å². The van der Waals surface area contributed by atoms with Crippen LogP contribution in [0.2, 0.25) is 0 Å². The van der Waals surface area contributed by atoms with Gasteiger partial charge in [-0.2, -0.15) is 0 Å². The summed E-state index contributed by atoms with van der Waals surface area (Å²) in [6.45, 7) is 0.0103. The SMILES string of the molecule is CN1C(=O)COc2cccc(NC(=O)CCl)c21. The largest absolute Gasteiger partial charge is 0.481 e. The van der Waals surface area contributed by atoms with Gasteiger partial charge >= 0.3 is 0 Å². The fraction of sp³-hybridized carbons (Fsp3) is 0.273. The Kier molecular flexibility index (Phi) is 3.19. The van der Waals surface area contributed by atoms with Gasteiger partial charge in [-0.15, -0.1) is 11.6 Å². The van der Waals surface area contributed by atoms with Crippen LogP contribution >= 0.6 is 11.6 Å². The molecular formula is C11H11ClN2O3. The molecule has 0 atom stereocenters. The molecule has 0 fully saturated rings. The van der Waals surface area contributed by atoms with Crippen molar-refractivity contribution in [3.63, 3.8) is 0 Å². The van der Waals surface area contributed by atoms with Crippen molar-refractivity contribution in [2.45, 2.75) is 0 Å². The number of alkyl halides is 1. The van der Waals surface area contributed by atoms with Gasteiger partial charge in [0.15, 0.2) is 6.61 Å². The standard InChI is InChI=1S/C11H11ClN2O3/c1-14-10(16)6-17-8-4-2-3-7(11(8)14)13-9(15)5-12/h2-4H,5-6H2,1H3,(H,13,15). The zero-order valence-electron chi connectivity index (χ0n) is 9.20. The van der Waals surface area contributed by atoms with E-state index in [0.29, 0.717) is 17.1 Å². The normalized spacial score (nSPS) is 14.0. The van der Waals surface area contributed by atoms with Crippen LogP contribution in [0.5, 0.6) is 5.75 Å². The lowest BCUT2D eigenvalue weighted by molar-refractivity contribution is -0.121. The first kappa shape index (κ1) is 11.7. The van der Waals surface area contributed by atoms with Crippen molar-refractivity contribution in [1.29, 1.82) is 0 Å². The maximum absolute atomic E-state index is 11.5. The lowest BCUT2D eigenvalue weighted by atomic mass is 10.2. The van der Waals surface area contributed by atoms with Crippen molar-refractivity contribution >= 4 is 34.8 Å². The van der Waals surface area contributed by atoms with E-state index in [0.717, 1.165) is 0 Å². The van der Waals surface area contributed by atoms with E-state index in [1.807, 2.05) is 0 Å². The number of benzene rings is 1. The number of nitrogens with one attached hydrogen (secondary N) is 1. The van der Waals surface area contributed by atoms with E-state index in [2.05, 4.69) is 5.32 Å². The van der Waals surface area contributed by atoms with E-state index in [1.165, 1.54) is 4.90 Å². The van der Waals surface area contributed by atoms with Gasteiger partial charge in [0.1, 0.15) is 17.3 Å². The van der Waals surface area contributed by atoms with Gasteiger partial charge in [0.2, 0.25) is 5.91 Å². The van der Waals surface area contributed by atoms with Crippen LogP contribution in [0.4, 0.5) is 11.4 Å². The van der Waals surface area contributed by atoms with Gasteiger partial charge in [0.05, 0.1) is 5.69 Å². The summed E-state index contributed by atoms with van der Waals surface area (Å²) < 4.78 is 5.29. The summed E-state index contributed by atoms with van der Waals surface area (Å²) in [5, 5.41) is 2.63. The van der Waals surface area contributed by atoms with Gasteiger partial charge in [0, 0.05) is 7.05 Å². The lowest BCUT2D eigenvalue weighted by Crippen LogP contribution is -2.36. The van der Waals surface area contributed by atoms with Crippen LogP contribution in [0.25, 0.3) is 0 Å². The number of hydrogen-bond acceptors (Lipinski definition) is 3. The Morgan fingerprint density at radius 3 is 3.06 bits per heavy atom. The zero-order valence-corrected chi connectivity index (χ0v) is 9.95. The molecule has 0 aromatic heterocycles. The molecule has 1 aromatic carbocycles. The molecule has 2 rings (SSSR count). The molecule has 90 valence electrons. The van der Waals surface area contributed by atoms with Crippen LogP contribution in [0, 0.1) is 0 Å². The number of fused-ring (bicyclic) bond motifs is 1. The highest BCUT2D eigenvalue weighted by molar-refractivity contribution is 6.29. The number of rotatable bonds is 2. The molecule has 1 aromatic rings. The molecule has 0 unspecified atom stereocenters. The van der Waals surface area contributed by atoms with Crippen molar-refractivity contribution in [2.75, 3.05) is 29.8 Å². The van der Waals surface area contributed by atoms with E-state index < -0.39 is 0 Å². The Bertz CT molecular complexity index is 476. The van der Waals surface area contributed by atoms with Gasteiger partial charge in [0.25, 0.3) is 5.91 Å². The maximum Gasteiger partial charge on any atom is 0.264 e. The molecule has 2 amide bonds. The van der Waals surface area contributed by atoms with Crippen molar-refractivity contribution in [1.82, 2.24) is 0 Å². The third-order valence-electron chi connectivity index (χ3n) is 2.46. The topological polar surface area (TPSA) is 58.6 Å². The minimum absolute atomic E-state index is 0.0103. The number of hydrogen-bond donors (Lipinski definition) is 1. The summed E-state index contributed by atoms with van der Waals surface area (Å²) in [6, 6.07) is 5.18. The van der Waals surface area contributed by atoms with Gasteiger partial charge < -0.3 is 15.0 Å². The van der Waals surface area contributed by atoms with Crippen LogP contribution in [0.1, 0.15) is 0 Å². The zero-order chi connectivity index (χ0) is 12.4. The second-order valence-electron chi connectivity index (χ2n) is 3.58. The molecular weight excluding hydrogens is 244 g/mol. The Labute approximate surface area is 103 Å². The lowest BCUT2D eigenvalue weighted by Gasteiger charge is -2.28. The molecule has 0 spiro atoms. The molecule has 0 radical (unpaired) electrons. The number of para-hydroxylation sites is 1.